The van der Waals surface area contributed by atoms with Crippen LogP contribution in [0.15, 0.2) is 17.4 Å². The Morgan fingerprint density at radius 1 is 1.90 bits per heavy atom. The van der Waals surface area contributed by atoms with Crippen LogP contribution in [0.4, 0.5) is 0 Å². The Kier molecular flexibility index (Phi) is 4.82. The van der Waals surface area contributed by atoms with E-state index in [1.807, 2.05) is 0 Å². The van der Waals surface area contributed by atoms with E-state index in [2.05, 4.69) is 14.8 Å². The first kappa shape index (κ1) is 8.52. The van der Waals surface area contributed by atoms with Gasteiger partial charge in [-0.15, -0.1) is 0 Å². The van der Waals surface area contributed by atoms with Gasteiger partial charge >= 0.3 is 5.97 Å². The van der Waals surface area contributed by atoms with Crippen molar-refractivity contribution in [2.45, 2.75) is 6.92 Å². The zero-order valence-electron chi connectivity index (χ0n) is 5.52. The number of rotatable bonds is 3. The fourth-order valence-electron chi connectivity index (χ4n) is 0.314. The highest BCUT2D eigenvalue weighted by molar-refractivity contribution is 5.81. The SMILES string of the molecule is CCOC(=O)C=CN=[N+]=[N-]. The normalized spacial score (nSPS) is 8.90. The van der Waals surface area contributed by atoms with Crippen molar-refractivity contribution in [2.24, 2.45) is 5.11 Å². The maximum Gasteiger partial charge on any atom is 0.330 e. The molecule has 0 unspecified atom stereocenters. The van der Waals surface area contributed by atoms with Gasteiger partial charge in [-0.1, -0.05) is 5.11 Å². The van der Waals surface area contributed by atoms with Crippen molar-refractivity contribution in [1.82, 2.24) is 0 Å². The number of carbonyl (C=O) groups excluding carboxylic acids is 1. The molecule has 0 aliphatic rings. The van der Waals surface area contributed by atoms with E-state index in [1.165, 1.54) is 0 Å². The van der Waals surface area contributed by atoms with Gasteiger partial charge in [0.05, 0.1) is 6.61 Å². The Balaban J connectivity index is 3.66. The van der Waals surface area contributed by atoms with E-state index in [-0.39, 0.29) is 0 Å². The molecule has 5 nitrogen and oxygen atoms in total. The quantitative estimate of drug-likeness (QED) is 0.196. The monoisotopic (exact) mass is 141 g/mol. The Hall–Kier alpha value is -1.48. The number of hydrogen-bond acceptors (Lipinski definition) is 3. The van der Waals surface area contributed by atoms with Crippen LogP contribution < -0.4 is 0 Å². The summed E-state index contributed by atoms with van der Waals surface area (Å²) in [7, 11) is 0. The van der Waals surface area contributed by atoms with Crippen LogP contribution in [0.25, 0.3) is 10.4 Å². The van der Waals surface area contributed by atoms with E-state index >= 15 is 0 Å². The van der Waals surface area contributed by atoms with Crippen LogP contribution in [0.1, 0.15) is 6.92 Å². The van der Waals surface area contributed by atoms with Gasteiger partial charge in [0.15, 0.2) is 0 Å². The van der Waals surface area contributed by atoms with Crippen molar-refractivity contribution >= 4 is 5.97 Å². The van der Waals surface area contributed by atoms with Crippen molar-refractivity contribution in [3.05, 3.63) is 22.7 Å². The van der Waals surface area contributed by atoms with E-state index in [0.29, 0.717) is 6.61 Å². The second-order valence-electron chi connectivity index (χ2n) is 1.27. The van der Waals surface area contributed by atoms with Gasteiger partial charge in [0, 0.05) is 17.2 Å². The van der Waals surface area contributed by atoms with Crippen molar-refractivity contribution in [1.29, 1.82) is 0 Å². The molecule has 0 fully saturated rings. The smallest absolute Gasteiger partial charge is 0.330 e. The lowest BCUT2D eigenvalue weighted by Gasteiger charge is -1.91. The van der Waals surface area contributed by atoms with E-state index in [9.17, 15) is 4.79 Å². The number of nitrogens with zero attached hydrogens (tertiary/aromatic N) is 3. The van der Waals surface area contributed by atoms with E-state index in [1.54, 1.807) is 6.92 Å². The molecule has 0 saturated heterocycles. The maximum atomic E-state index is 10.4. The average Bonchev–Trinajstić information content (AvgIpc) is 1.89. The highest BCUT2D eigenvalue weighted by atomic mass is 16.5. The summed E-state index contributed by atoms with van der Waals surface area (Å²) in [6, 6.07) is 0. The molecule has 54 valence electrons. The van der Waals surface area contributed by atoms with Gasteiger partial charge in [-0.3, -0.25) is 0 Å². The minimum Gasteiger partial charge on any atom is -0.463 e. The van der Waals surface area contributed by atoms with Crippen molar-refractivity contribution in [3.63, 3.8) is 0 Å². The van der Waals surface area contributed by atoms with Gasteiger partial charge in [0.25, 0.3) is 0 Å². The third-order valence-corrected chi connectivity index (χ3v) is 0.616. The van der Waals surface area contributed by atoms with Crippen LogP contribution in [-0.4, -0.2) is 12.6 Å². The topological polar surface area (TPSA) is 75.1 Å². The van der Waals surface area contributed by atoms with Crippen LogP contribution in [0.2, 0.25) is 0 Å². The molecule has 0 heterocycles. The first-order valence-electron chi connectivity index (χ1n) is 2.68. The molecule has 5 heteroatoms. The van der Waals surface area contributed by atoms with Crippen molar-refractivity contribution in [2.75, 3.05) is 6.61 Å². The molecule has 0 aliphatic carbocycles. The molecule has 0 aliphatic heterocycles. The molecule has 0 N–H and O–H groups in total. The highest BCUT2D eigenvalue weighted by Crippen LogP contribution is 1.81. The van der Waals surface area contributed by atoms with Crippen LogP contribution in [0.3, 0.4) is 0 Å². The van der Waals surface area contributed by atoms with E-state index in [0.717, 1.165) is 12.3 Å². The minimum absolute atomic E-state index is 0.319. The van der Waals surface area contributed by atoms with Gasteiger partial charge in [0.2, 0.25) is 0 Å². The summed E-state index contributed by atoms with van der Waals surface area (Å²) in [5, 5.41) is 2.99. The van der Waals surface area contributed by atoms with Crippen molar-refractivity contribution < 1.29 is 9.53 Å². The molecule has 0 rings (SSSR count). The Morgan fingerprint density at radius 3 is 3.10 bits per heavy atom. The molecule has 0 aromatic heterocycles. The van der Waals surface area contributed by atoms with Gasteiger partial charge in [-0.2, -0.15) is 0 Å². The largest absolute Gasteiger partial charge is 0.463 e. The summed E-state index contributed by atoms with van der Waals surface area (Å²) < 4.78 is 4.48. The van der Waals surface area contributed by atoms with Crippen LogP contribution in [-0.2, 0) is 9.53 Å². The third kappa shape index (κ3) is 4.67. The number of ether oxygens (including phenoxy) is 1. The number of hydrogen-bond donors (Lipinski definition) is 0. The lowest BCUT2D eigenvalue weighted by Crippen LogP contribution is -1.98. The van der Waals surface area contributed by atoms with Crippen LogP contribution in [0.5, 0.6) is 0 Å². The maximum absolute atomic E-state index is 10.4. The molecular weight excluding hydrogens is 134 g/mol. The molecule has 0 spiro atoms. The Morgan fingerprint density at radius 2 is 2.60 bits per heavy atom. The summed E-state index contributed by atoms with van der Waals surface area (Å²) in [5.74, 6) is -0.505. The van der Waals surface area contributed by atoms with Gasteiger partial charge in [-0.05, 0) is 12.5 Å². The van der Waals surface area contributed by atoms with Gasteiger partial charge < -0.3 is 4.74 Å². The predicted molar refractivity (Wildman–Crippen MR) is 34.9 cm³/mol. The molecule has 0 amide bonds. The molecule has 0 bridgehead atoms. The Bertz CT molecular complexity index is 181. The zero-order valence-corrected chi connectivity index (χ0v) is 5.52. The second kappa shape index (κ2) is 5.65. The summed E-state index contributed by atoms with van der Waals surface area (Å²) in [6.45, 7) is 2.01. The fraction of sp³-hybridized carbons (Fsp3) is 0.400. The number of esters is 1. The first-order chi connectivity index (χ1) is 4.81. The van der Waals surface area contributed by atoms with Crippen LogP contribution >= 0.6 is 0 Å². The summed E-state index contributed by atoms with van der Waals surface area (Å²) >= 11 is 0. The fourth-order valence-corrected chi connectivity index (χ4v) is 0.314. The lowest BCUT2D eigenvalue weighted by molar-refractivity contribution is -0.137. The van der Waals surface area contributed by atoms with Gasteiger partial charge in [-0.25, -0.2) is 4.79 Å². The molecule has 0 atom stereocenters. The van der Waals surface area contributed by atoms with E-state index < -0.39 is 5.97 Å². The zero-order chi connectivity index (χ0) is 7.82. The molecule has 0 saturated carbocycles. The lowest BCUT2D eigenvalue weighted by atomic mass is 10.6. The van der Waals surface area contributed by atoms with Gasteiger partial charge in [0.1, 0.15) is 0 Å². The second-order valence-corrected chi connectivity index (χ2v) is 1.27. The summed E-state index contributed by atoms with van der Waals surface area (Å²) in [5.41, 5.74) is 7.76. The molecular formula is C5H7N3O2. The third-order valence-electron chi connectivity index (χ3n) is 0.616. The average molecular weight is 141 g/mol. The molecule has 0 aromatic carbocycles. The number of carbonyl (C=O) groups is 1. The van der Waals surface area contributed by atoms with E-state index in [4.69, 9.17) is 5.53 Å². The molecule has 10 heavy (non-hydrogen) atoms. The number of azide groups is 1. The molecule has 0 aromatic rings. The molecule has 0 radical (unpaired) electrons. The predicted octanol–water partition coefficient (Wildman–Crippen LogP) is 1.37. The minimum atomic E-state index is -0.505. The first-order valence-corrected chi connectivity index (χ1v) is 2.68. The standard InChI is InChI=1S/C5H7N3O2/c1-2-10-5(9)3-4-7-8-6/h3-4H,2H2,1H3. The Labute approximate surface area is 57.9 Å². The summed E-state index contributed by atoms with van der Waals surface area (Å²) in [6.07, 6.45) is 2.10. The summed E-state index contributed by atoms with van der Waals surface area (Å²) in [4.78, 5) is 12.8. The van der Waals surface area contributed by atoms with Crippen LogP contribution in [0, 0.1) is 0 Å². The highest BCUT2D eigenvalue weighted by Gasteiger charge is 1.89. The van der Waals surface area contributed by atoms with Crippen molar-refractivity contribution in [3.8, 4) is 0 Å².